The largest absolute Gasteiger partial charge is 0.484 e. The third-order valence-corrected chi connectivity index (χ3v) is 4.43. The van der Waals surface area contributed by atoms with Crippen LogP contribution >= 0.6 is 24.0 Å². The SMILES string of the molecule is CCOC(=O)C1CCN(C(=NC)NCc2ccccc2OCC(F)(F)F)CC1.I. The molecule has 1 aliphatic heterocycles. The topological polar surface area (TPSA) is 63.2 Å². The smallest absolute Gasteiger partial charge is 0.422 e. The second-order valence-corrected chi connectivity index (χ2v) is 6.43. The van der Waals surface area contributed by atoms with Gasteiger partial charge in [-0.3, -0.25) is 9.79 Å². The number of ether oxygens (including phenoxy) is 2. The summed E-state index contributed by atoms with van der Waals surface area (Å²) in [6, 6.07) is 6.59. The number of nitrogens with zero attached hydrogens (tertiary/aromatic N) is 2. The molecule has 0 amide bonds. The molecule has 0 atom stereocenters. The minimum absolute atomic E-state index is 0. The predicted octanol–water partition coefficient (Wildman–Crippen LogP) is 3.60. The number of para-hydroxylation sites is 1. The Morgan fingerprint density at radius 2 is 1.93 bits per heavy atom. The Bertz CT molecular complexity index is 678. The van der Waals surface area contributed by atoms with Gasteiger partial charge in [-0.25, -0.2) is 0 Å². The highest BCUT2D eigenvalue weighted by atomic mass is 127. The van der Waals surface area contributed by atoms with Crippen LogP contribution in [0.2, 0.25) is 0 Å². The van der Waals surface area contributed by atoms with E-state index in [4.69, 9.17) is 9.47 Å². The molecule has 10 heteroatoms. The normalized spacial score (nSPS) is 15.5. The number of hydrogen-bond donors (Lipinski definition) is 1. The number of benzene rings is 1. The Labute approximate surface area is 185 Å². The zero-order valence-electron chi connectivity index (χ0n) is 16.5. The van der Waals surface area contributed by atoms with Gasteiger partial charge in [0.25, 0.3) is 0 Å². The van der Waals surface area contributed by atoms with E-state index >= 15 is 0 Å². The molecule has 0 spiro atoms. The van der Waals surface area contributed by atoms with Crippen molar-refractivity contribution in [3.05, 3.63) is 29.8 Å². The molecular weight excluding hydrogens is 502 g/mol. The van der Waals surface area contributed by atoms with Gasteiger partial charge in [0.05, 0.1) is 12.5 Å². The fourth-order valence-electron chi connectivity index (χ4n) is 3.04. The van der Waals surface area contributed by atoms with E-state index in [0.717, 1.165) is 0 Å². The highest BCUT2D eigenvalue weighted by Crippen LogP contribution is 2.23. The quantitative estimate of drug-likeness (QED) is 0.264. The highest BCUT2D eigenvalue weighted by Gasteiger charge is 2.29. The summed E-state index contributed by atoms with van der Waals surface area (Å²) in [5.74, 6) is 0.545. The lowest BCUT2D eigenvalue weighted by Crippen LogP contribution is -2.46. The number of nitrogens with one attached hydrogen (secondary N) is 1. The van der Waals surface area contributed by atoms with Gasteiger partial charge in [0.15, 0.2) is 12.6 Å². The van der Waals surface area contributed by atoms with Gasteiger partial charge in [-0.05, 0) is 25.8 Å². The first-order chi connectivity index (χ1) is 13.3. The lowest BCUT2D eigenvalue weighted by molar-refractivity contribution is -0.153. The third kappa shape index (κ3) is 8.27. The van der Waals surface area contributed by atoms with E-state index in [1.165, 1.54) is 6.07 Å². The Hall–Kier alpha value is -1.72. The zero-order valence-corrected chi connectivity index (χ0v) is 18.8. The van der Waals surface area contributed by atoms with Gasteiger partial charge < -0.3 is 19.7 Å². The molecule has 0 aromatic heterocycles. The van der Waals surface area contributed by atoms with Crippen LogP contribution in [0.1, 0.15) is 25.3 Å². The number of carbonyl (C=O) groups is 1. The van der Waals surface area contributed by atoms with Crippen molar-refractivity contribution in [2.45, 2.75) is 32.5 Å². The molecule has 1 aliphatic rings. The molecule has 1 fully saturated rings. The maximum Gasteiger partial charge on any atom is 0.422 e. The first-order valence-corrected chi connectivity index (χ1v) is 9.23. The van der Waals surface area contributed by atoms with Crippen LogP contribution < -0.4 is 10.1 Å². The molecule has 1 aromatic rings. The maximum atomic E-state index is 12.4. The number of likely N-dealkylation sites (tertiary alicyclic amines) is 1. The molecule has 164 valence electrons. The minimum atomic E-state index is -4.39. The Kier molecular flexibility index (Phi) is 10.5. The number of carbonyl (C=O) groups excluding carboxylic acids is 1. The van der Waals surface area contributed by atoms with Gasteiger partial charge >= 0.3 is 12.1 Å². The summed E-state index contributed by atoms with van der Waals surface area (Å²) < 4.78 is 47.2. The summed E-state index contributed by atoms with van der Waals surface area (Å²) in [6.45, 7) is 2.40. The van der Waals surface area contributed by atoms with E-state index in [-0.39, 0.29) is 48.2 Å². The van der Waals surface area contributed by atoms with Gasteiger partial charge in [0.2, 0.25) is 0 Å². The average molecular weight is 529 g/mol. The maximum absolute atomic E-state index is 12.4. The van der Waals surface area contributed by atoms with Crippen LogP contribution in [-0.2, 0) is 16.1 Å². The summed E-state index contributed by atoms with van der Waals surface area (Å²) >= 11 is 0. The number of guanidine groups is 1. The highest BCUT2D eigenvalue weighted by molar-refractivity contribution is 14.0. The van der Waals surface area contributed by atoms with Crippen LogP contribution in [0, 0.1) is 5.92 Å². The molecule has 0 aliphatic carbocycles. The Morgan fingerprint density at radius 1 is 1.28 bits per heavy atom. The lowest BCUT2D eigenvalue weighted by atomic mass is 9.97. The number of rotatable bonds is 6. The van der Waals surface area contributed by atoms with Gasteiger partial charge in [-0.15, -0.1) is 24.0 Å². The average Bonchev–Trinajstić information content (AvgIpc) is 2.67. The zero-order chi connectivity index (χ0) is 20.6. The molecule has 29 heavy (non-hydrogen) atoms. The van der Waals surface area contributed by atoms with E-state index in [1.54, 1.807) is 32.2 Å². The molecule has 0 radical (unpaired) electrons. The second-order valence-electron chi connectivity index (χ2n) is 6.43. The van der Waals surface area contributed by atoms with Crippen molar-refractivity contribution in [2.75, 3.05) is 33.4 Å². The van der Waals surface area contributed by atoms with E-state index in [0.29, 0.717) is 44.1 Å². The van der Waals surface area contributed by atoms with E-state index in [1.807, 2.05) is 4.90 Å². The van der Waals surface area contributed by atoms with Crippen molar-refractivity contribution in [1.29, 1.82) is 0 Å². The predicted molar refractivity (Wildman–Crippen MR) is 115 cm³/mol. The molecule has 0 bridgehead atoms. The number of esters is 1. The molecule has 1 heterocycles. The van der Waals surface area contributed by atoms with Crippen molar-refractivity contribution in [2.24, 2.45) is 10.9 Å². The summed E-state index contributed by atoms with van der Waals surface area (Å²) in [6.07, 6.45) is -3.05. The Balaban J connectivity index is 0.00000420. The lowest BCUT2D eigenvalue weighted by Gasteiger charge is -2.33. The van der Waals surface area contributed by atoms with Gasteiger partial charge in [-0.2, -0.15) is 13.2 Å². The first-order valence-electron chi connectivity index (χ1n) is 9.23. The van der Waals surface area contributed by atoms with Crippen molar-refractivity contribution >= 4 is 35.9 Å². The molecule has 1 saturated heterocycles. The van der Waals surface area contributed by atoms with Crippen LogP contribution in [0.4, 0.5) is 13.2 Å². The standard InChI is InChI=1S/C19H26F3N3O3.HI/c1-3-27-17(26)14-8-10-25(11-9-14)18(23-2)24-12-15-6-4-5-7-16(15)28-13-19(20,21)22;/h4-7,14H,3,8-13H2,1-2H3,(H,23,24);1H. The van der Waals surface area contributed by atoms with Crippen molar-refractivity contribution in [1.82, 2.24) is 10.2 Å². The fourth-order valence-corrected chi connectivity index (χ4v) is 3.04. The van der Waals surface area contributed by atoms with Crippen molar-refractivity contribution < 1.29 is 27.4 Å². The molecule has 1 aromatic carbocycles. The number of aliphatic imine (C=N–C) groups is 1. The summed E-state index contributed by atoms with van der Waals surface area (Å²) in [5.41, 5.74) is 0.606. The van der Waals surface area contributed by atoms with E-state index in [9.17, 15) is 18.0 Å². The molecule has 0 saturated carbocycles. The minimum Gasteiger partial charge on any atom is -0.484 e. The first kappa shape index (κ1) is 25.3. The van der Waals surface area contributed by atoms with E-state index in [2.05, 4.69) is 10.3 Å². The monoisotopic (exact) mass is 529 g/mol. The summed E-state index contributed by atoms with van der Waals surface area (Å²) in [7, 11) is 1.64. The summed E-state index contributed by atoms with van der Waals surface area (Å²) in [4.78, 5) is 18.1. The Morgan fingerprint density at radius 3 is 2.52 bits per heavy atom. The van der Waals surface area contributed by atoms with E-state index < -0.39 is 12.8 Å². The second kappa shape index (κ2) is 12.1. The summed E-state index contributed by atoms with van der Waals surface area (Å²) in [5, 5.41) is 3.16. The molecule has 6 nitrogen and oxygen atoms in total. The van der Waals surface area contributed by atoms with Gasteiger partial charge in [0.1, 0.15) is 5.75 Å². The van der Waals surface area contributed by atoms with Crippen LogP contribution in [0.5, 0.6) is 5.75 Å². The van der Waals surface area contributed by atoms with Crippen molar-refractivity contribution in [3.63, 3.8) is 0 Å². The molecule has 0 unspecified atom stereocenters. The van der Waals surface area contributed by atoms with Gasteiger partial charge in [-0.1, -0.05) is 18.2 Å². The third-order valence-electron chi connectivity index (χ3n) is 4.43. The molecular formula is C19H27F3IN3O3. The molecule has 1 N–H and O–H groups in total. The van der Waals surface area contributed by atoms with Crippen LogP contribution in [0.3, 0.4) is 0 Å². The number of piperidine rings is 1. The number of hydrogen-bond acceptors (Lipinski definition) is 4. The molecule has 2 rings (SSSR count). The van der Waals surface area contributed by atoms with Crippen molar-refractivity contribution in [3.8, 4) is 5.75 Å². The fraction of sp³-hybridized carbons (Fsp3) is 0.579. The van der Waals surface area contributed by atoms with Crippen LogP contribution in [0.25, 0.3) is 0 Å². The van der Waals surface area contributed by atoms with Crippen LogP contribution in [-0.4, -0.2) is 56.4 Å². The number of alkyl halides is 3. The van der Waals surface area contributed by atoms with Gasteiger partial charge in [0, 0.05) is 32.2 Å². The number of halogens is 4. The van der Waals surface area contributed by atoms with Crippen LogP contribution in [0.15, 0.2) is 29.3 Å².